The second-order valence-electron chi connectivity index (χ2n) is 6.15. The molecule has 6 heteroatoms. The molecule has 1 aliphatic rings. The van der Waals surface area contributed by atoms with E-state index in [1.54, 1.807) is 24.3 Å². The van der Waals surface area contributed by atoms with Crippen molar-refractivity contribution in [2.75, 3.05) is 14.1 Å². The van der Waals surface area contributed by atoms with Gasteiger partial charge in [-0.25, -0.2) is 13.1 Å². The molecule has 128 valence electrons. The number of amides is 1. The van der Waals surface area contributed by atoms with E-state index < -0.39 is 10.0 Å². The minimum absolute atomic E-state index is 0.170. The number of nitrogens with one attached hydrogen (secondary N) is 1. The number of nitrogens with zero attached hydrogens (tertiary/aromatic N) is 1. The molecule has 0 aliphatic heterocycles. The van der Waals surface area contributed by atoms with Crippen molar-refractivity contribution in [3.05, 3.63) is 29.8 Å². The molecule has 0 bridgehead atoms. The Labute approximate surface area is 139 Å². The summed E-state index contributed by atoms with van der Waals surface area (Å²) in [5, 5.41) is 0. The van der Waals surface area contributed by atoms with Crippen molar-refractivity contribution in [1.82, 2.24) is 9.62 Å². The zero-order valence-electron chi connectivity index (χ0n) is 13.9. The fourth-order valence-corrected chi connectivity index (χ4v) is 3.78. The van der Waals surface area contributed by atoms with E-state index >= 15 is 0 Å². The van der Waals surface area contributed by atoms with Crippen LogP contribution in [0.2, 0.25) is 0 Å². The van der Waals surface area contributed by atoms with Crippen LogP contribution in [0, 0.1) is 0 Å². The topological polar surface area (TPSA) is 66.5 Å². The molecule has 2 rings (SSSR count). The molecule has 0 radical (unpaired) electrons. The Bertz CT molecular complexity index is 620. The van der Waals surface area contributed by atoms with Crippen LogP contribution in [0.3, 0.4) is 0 Å². The third-order valence-corrected chi connectivity index (χ3v) is 6.08. The Morgan fingerprint density at radius 2 is 1.78 bits per heavy atom. The number of rotatable bonds is 6. The second-order valence-corrected chi connectivity index (χ2v) is 8.03. The van der Waals surface area contributed by atoms with Crippen molar-refractivity contribution in [1.29, 1.82) is 0 Å². The van der Waals surface area contributed by atoms with Crippen LogP contribution < -0.4 is 4.72 Å². The summed E-state index contributed by atoms with van der Waals surface area (Å²) in [6, 6.07) is 7.10. The summed E-state index contributed by atoms with van der Waals surface area (Å²) >= 11 is 0. The van der Waals surface area contributed by atoms with Crippen molar-refractivity contribution in [2.45, 2.75) is 55.9 Å². The zero-order chi connectivity index (χ0) is 16.9. The fraction of sp³-hybridized carbons (Fsp3) is 0.588. The lowest BCUT2D eigenvalue weighted by atomic mass is 9.94. The first-order valence-electron chi connectivity index (χ1n) is 8.22. The largest absolute Gasteiger partial charge is 0.343 e. The summed E-state index contributed by atoms with van der Waals surface area (Å²) in [5.74, 6) is 0.170. The lowest BCUT2D eigenvalue weighted by Gasteiger charge is -2.31. The molecule has 0 saturated heterocycles. The van der Waals surface area contributed by atoms with E-state index in [1.807, 2.05) is 11.9 Å². The van der Waals surface area contributed by atoms with Gasteiger partial charge in [-0.15, -0.1) is 0 Å². The van der Waals surface area contributed by atoms with Crippen LogP contribution in [-0.4, -0.2) is 39.4 Å². The maximum atomic E-state index is 12.3. The summed E-state index contributed by atoms with van der Waals surface area (Å²) in [4.78, 5) is 14.5. The van der Waals surface area contributed by atoms with Crippen LogP contribution in [0.5, 0.6) is 0 Å². The smallest absolute Gasteiger partial charge is 0.240 e. The van der Waals surface area contributed by atoms with Crippen molar-refractivity contribution in [3.63, 3.8) is 0 Å². The highest BCUT2D eigenvalue weighted by atomic mass is 32.2. The van der Waals surface area contributed by atoms with Crippen molar-refractivity contribution in [2.24, 2.45) is 0 Å². The van der Waals surface area contributed by atoms with Gasteiger partial charge < -0.3 is 4.90 Å². The highest BCUT2D eigenvalue weighted by molar-refractivity contribution is 7.89. The van der Waals surface area contributed by atoms with Gasteiger partial charge in [-0.2, -0.15) is 0 Å². The van der Waals surface area contributed by atoms with E-state index in [0.717, 1.165) is 18.4 Å². The normalized spacial score (nSPS) is 16.3. The van der Waals surface area contributed by atoms with E-state index in [1.165, 1.54) is 26.3 Å². The summed E-state index contributed by atoms with van der Waals surface area (Å²) in [6.07, 6.45) is 7.02. The van der Waals surface area contributed by atoms with E-state index in [-0.39, 0.29) is 10.8 Å². The fourth-order valence-electron chi connectivity index (χ4n) is 3.05. The Morgan fingerprint density at radius 3 is 2.35 bits per heavy atom. The Hall–Kier alpha value is -1.40. The lowest BCUT2D eigenvalue weighted by Crippen LogP contribution is -2.38. The molecule has 23 heavy (non-hydrogen) atoms. The molecule has 1 aromatic carbocycles. The Balaban J connectivity index is 1.89. The SMILES string of the molecule is CNS(=O)(=O)c1ccc(CCC(=O)N(C)C2CCCCC2)cc1. The highest BCUT2D eigenvalue weighted by Gasteiger charge is 2.21. The van der Waals surface area contributed by atoms with E-state index in [4.69, 9.17) is 0 Å². The standard InChI is InChI=1S/C17H26N2O3S/c1-18-23(21,22)16-11-8-14(9-12-16)10-13-17(20)19(2)15-6-4-3-5-7-15/h8-9,11-12,15,18H,3-7,10,13H2,1-2H3. The quantitative estimate of drug-likeness (QED) is 0.865. The van der Waals surface area contributed by atoms with Crippen molar-refractivity contribution in [3.8, 4) is 0 Å². The molecular formula is C17H26N2O3S. The summed E-state index contributed by atoms with van der Waals surface area (Å²) < 4.78 is 25.6. The molecule has 1 fully saturated rings. The summed E-state index contributed by atoms with van der Waals surface area (Å²) in [5.41, 5.74) is 0.977. The molecule has 0 spiro atoms. The average Bonchev–Trinajstić information content (AvgIpc) is 2.60. The van der Waals surface area contributed by atoms with E-state index in [9.17, 15) is 13.2 Å². The first kappa shape index (κ1) is 17.9. The predicted molar refractivity (Wildman–Crippen MR) is 90.7 cm³/mol. The number of sulfonamides is 1. The molecule has 5 nitrogen and oxygen atoms in total. The maximum Gasteiger partial charge on any atom is 0.240 e. The van der Waals surface area contributed by atoms with Gasteiger partial charge in [0.2, 0.25) is 15.9 Å². The van der Waals surface area contributed by atoms with Gasteiger partial charge in [0.25, 0.3) is 0 Å². The molecule has 0 atom stereocenters. The van der Waals surface area contributed by atoms with Gasteiger partial charge in [0, 0.05) is 19.5 Å². The molecule has 1 aliphatic carbocycles. The predicted octanol–water partition coefficient (Wildman–Crippen LogP) is 2.32. The molecule has 0 unspecified atom stereocenters. The number of carbonyl (C=O) groups is 1. The summed E-state index contributed by atoms with van der Waals surface area (Å²) in [7, 11) is -0.104. The van der Waals surface area contributed by atoms with Crippen molar-refractivity contribution >= 4 is 15.9 Å². The average molecular weight is 338 g/mol. The van der Waals surface area contributed by atoms with Gasteiger partial charge in [-0.05, 0) is 44.0 Å². The first-order chi connectivity index (χ1) is 10.9. The van der Waals surface area contributed by atoms with Gasteiger partial charge in [0.1, 0.15) is 0 Å². The lowest BCUT2D eigenvalue weighted by molar-refractivity contribution is -0.132. The van der Waals surface area contributed by atoms with E-state index in [0.29, 0.717) is 18.9 Å². The van der Waals surface area contributed by atoms with Crippen LogP contribution >= 0.6 is 0 Å². The number of carbonyl (C=O) groups excluding carboxylic acids is 1. The van der Waals surface area contributed by atoms with Gasteiger partial charge in [0.05, 0.1) is 4.90 Å². The van der Waals surface area contributed by atoms with Gasteiger partial charge >= 0.3 is 0 Å². The minimum Gasteiger partial charge on any atom is -0.343 e. The molecular weight excluding hydrogens is 312 g/mol. The molecule has 0 aromatic heterocycles. The minimum atomic E-state index is -3.40. The number of hydrogen-bond acceptors (Lipinski definition) is 3. The van der Waals surface area contributed by atoms with Crippen molar-refractivity contribution < 1.29 is 13.2 Å². The number of aryl methyl sites for hydroxylation is 1. The molecule has 1 aromatic rings. The first-order valence-corrected chi connectivity index (χ1v) is 9.70. The monoisotopic (exact) mass is 338 g/mol. The van der Waals surface area contributed by atoms with Crippen LogP contribution in [0.4, 0.5) is 0 Å². The molecule has 0 heterocycles. The van der Waals surface area contributed by atoms with E-state index in [2.05, 4.69) is 4.72 Å². The van der Waals surface area contributed by atoms with Crippen LogP contribution in [-0.2, 0) is 21.2 Å². The third kappa shape index (κ3) is 4.78. The van der Waals surface area contributed by atoms with Crippen LogP contribution in [0.1, 0.15) is 44.1 Å². The highest BCUT2D eigenvalue weighted by Crippen LogP contribution is 2.22. The number of hydrogen-bond donors (Lipinski definition) is 1. The molecule has 1 saturated carbocycles. The molecule has 1 amide bonds. The maximum absolute atomic E-state index is 12.3. The third-order valence-electron chi connectivity index (χ3n) is 4.65. The van der Waals surface area contributed by atoms with Crippen LogP contribution in [0.25, 0.3) is 0 Å². The Kier molecular flexibility index (Phi) is 6.18. The van der Waals surface area contributed by atoms with Gasteiger partial charge in [-0.3, -0.25) is 4.79 Å². The van der Waals surface area contributed by atoms with Gasteiger partial charge in [0.15, 0.2) is 0 Å². The number of benzene rings is 1. The molecule has 1 N–H and O–H groups in total. The van der Waals surface area contributed by atoms with Gasteiger partial charge in [-0.1, -0.05) is 31.4 Å². The zero-order valence-corrected chi connectivity index (χ0v) is 14.7. The Morgan fingerprint density at radius 1 is 1.17 bits per heavy atom. The second kappa shape index (κ2) is 7.93. The van der Waals surface area contributed by atoms with Crippen LogP contribution in [0.15, 0.2) is 29.2 Å². The summed E-state index contributed by atoms with van der Waals surface area (Å²) in [6.45, 7) is 0.